The molecule has 1 aromatic heterocycles. The molecule has 0 spiro atoms. The van der Waals surface area contributed by atoms with E-state index >= 15 is 0 Å². The molecule has 0 unspecified atom stereocenters. The first-order valence-electron chi connectivity index (χ1n) is 10.8. The first-order valence-corrected chi connectivity index (χ1v) is 11.6. The molecular formula is C25H33BrN2O2. The van der Waals surface area contributed by atoms with Gasteiger partial charge in [-0.05, 0) is 49.4 Å². The van der Waals surface area contributed by atoms with Crippen LogP contribution in [0.3, 0.4) is 0 Å². The summed E-state index contributed by atoms with van der Waals surface area (Å²) in [6.45, 7) is 5.59. The second kappa shape index (κ2) is 14.0. The molecule has 5 heteroatoms. The molecule has 0 saturated carbocycles. The quantitative estimate of drug-likeness (QED) is 0.203. The second-order valence-corrected chi connectivity index (χ2v) is 8.73. The van der Waals surface area contributed by atoms with Gasteiger partial charge < -0.3 is 10.1 Å². The Kier molecular flexibility index (Phi) is 11.2. The van der Waals surface area contributed by atoms with Gasteiger partial charge in [0.1, 0.15) is 0 Å². The van der Waals surface area contributed by atoms with Crippen molar-refractivity contribution in [2.45, 2.75) is 52.4 Å². The number of carbonyl (C=O) groups excluding carboxylic acids is 1. The van der Waals surface area contributed by atoms with E-state index in [1.807, 2.05) is 36.4 Å². The van der Waals surface area contributed by atoms with Crippen molar-refractivity contribution in [2.75, 3.05) is 13.2 Å². The number of unbranched alkanes of at least 4 members (excludes halogenated alkanes) is 5. The molecule has 0 aliphatic rings. The highest BCUT2D eigenvalue weighted by Gasteiger charge is 2.00. The van der Waals surface area contributed by atoms with Crippen LogP contribution in [0.1, 0.15) is 52.4 Å². The van der Waals surface area contributed by atoms with Crippen molar-refractivity contribution in [1.29, 1.82) is 0 Å². The topological polar surface area (TPSA) is 51.2 Å². The Morgan fingerprint density at radius 2 is 1.90 bits per heavy atom. The molecule has 0 aliphatic heterocycles. The van der Waals surface area contributed by atoms with Gasteiger partial charge in [0.15, 0.2) is 0 Å². The van der Waals surface area contributed by atoms with Gasteiger partial charge in [-0.25, -0.2) is 4.98 Å². The van der Waals surface area contributed by atoms with E-state index in [-0.39, 0.29) is 5.91 Å². The minimum Gasteiger partial charge on any atom is -0.478 e. The average Bonchev–Trinajstić information content (AvgIpc) is 2.73. The van der Waals surface area contributed by atoms with Crippen molar-refractivity contribution in [3.05, 3.63) is 59.1 Å². The number of nitrogens with one attached hydrogen (secondary N) is 1. The van der Waals surface area contributed by atoms with E-state index in [9.17, 15) is 4.79 Å². The summed E-state index contributed by atoms with van der Waals surface area (Å²) in [5.41, 5.74) is 0.954. The van der Waals surface area contributed by atoms with Crippen LogP contribution in [0, 0.1) is 5.92 Å². The number of benzene rings is 1. The van der Waals surface area contributed by atoms with E-state index in [1.165, 1.54) is 25.7 Å². The number of hydrogen-bond acceptors (Lipinski definition) is 3. The Morgan fingerprint density at radius 3 is 2.73 bits per heavy atom. The first-order chi connectivity index (χ1) is 14.5. The van der Waals surface area contributed by atoms with Crippen LogP contribution in [0.2, 0.25) is 0 Å². The Hall–Kier alpha value is -2.14. The number of hydrogen-bond donors (Lipinski definition) is 1. The Labute approximate surface area is 188 Å². The van der Waals surface area contributed by atoms with Crippen LogP contribution >= 0.6 is 15.9 Å². The fourth-order valence-corrected chi connectivity index (χ4v) is 3.29. The summed E-state index contributed by atoms with van der Waals surface area (Å²) >= 11 is 3.48. The molecule has 0 fully saturated rings. The third-order valence-corrected chi connectivity index (χ3v) is 5.06. The van der Waals surface area contributed by atoms with Crippen LogP contribution in [0.4, 0.5) is 0 Å². The van der Waals surface area contributed by atoms with Crippen molar-refractivity contribution in [2.24, 2.45) is 5.92 Å². The maximum absolute atomic E-state index is 11.5. The highest BCUT2D eigenvalue weighted by Crippen LogP contribution is 2.21. The van der Waals surface area contributed by atoms with Crippen LogP contribution in [0.15, 0.2) is 59.1 Å². The fourth-order valence-electron chi connectivity index (χ4n) is 2.91. The standard InChI is InChI=1S/C25H33BrN2O2/c1-20(2)19-27-24(29)12-10-8-6-4-3-5-7-9-11-17-30-25-16-13-21-18-22(26)14-15-23(21)28-25/h6,8,10,12-16,18,20H,3-5,7,9,11,17,19H2,1-2H3,(H,27,29). The zero-order valence-electron chi connectivity index (χ0n) is 18.1. The lowest BCUT2D eigenvalue weighted by molar-refractivity contribution is -0.116. The number of allylic oxidation sites excluding steroid dienone is 3. The summed E-state index contributed by atoms with van der Waals surface area (Å²) in [5.74, 6) is 1.14. The number of carbonyl (C=O) groups is 1. The highest BCUT2D eigenvalue weighted by atomic mass is 79.9. The van der Waals surface area contributed by atoms with Crippen LogP contribution < -0.4 is 10.1 Å². The maximum Gasteiger partial charge on any atom is 0.243 e. The number of fused-ring (bicyclic) bond motifs is 1. The molecule has 0 saturated heterocycles. The molecule has 2 rings (SSSR count). The maximum atomic E-state index is 11.5. The Bertz CT molecular complexity index is 846. The summed E-state index contributed by atoms with van der Waals surface area (Å²) in [6, 6.07) is 10.0. The minimum absolute atomic E-state index is 0.0254. The lowest BCUT2D eigenvalue weighted by Gasteiger charge is -2.06. The smallest absolute Gasteiger partial charge is 0.243 e. The van der Waals surface area contributed by atoms with Gasteiger partial charge >= 0.3 is 0 Å². The molecule has 4 nitrogen and oxygen atoms in total. The Morgan fingerprint density at radius 1 is 1.10 bits per heavy atom. The first kappa shape index (κ1) is 24.1. The third kappa shape index (κ3) is 10.1. The molecule has 1 aromatic carbocycles. The molecule has 0 bridgehead atoms. The van der Waals surface area contributed by atoms with Crippen LogP contribution in [-0.2, 0) is 4.79 Å². The predicted molar refractivity (Wildman–Crippen MR) is 129 cm³/mol. The normalized spacial score (nSPS) is 11.7. The lowest BCUT2D eigenvalue weighted by atomic mass is 10.1. The summed E-state index contributed by atoms with van der Waals surface area (Å²) in [6.07, 6.45) is 14.3. The largest absolute Gasteiger partial charge is 0.478 e. The van der Waals surface area contributed by atoms with Gasteiger partial charge in [-0.15, -0.1) is 0 Å². The predicted octanol–water partition coefficient (Wildman–Crippen LogP) is 6.60. The van der Waals surface area contributed by atoms with Crippen LogP contribution in [0.5, 0.6) is 5.88 Å². The number of rotatable bonds is 13. The average molecular weight is 473 g/mol. The highest BCUT2D eigenvalue weighted by molar-refractivity contribution is 9.10. The van der Waals surface area contributed by atoms with Gasteiger partial charge in [0.25, 0.3) is 0 Å². The number of ether oxygens (including phenoxy) is 1. The van der Waals surface area contributed by atoms with Gasteiger partial charge in [0, 0.05) is 28.5 Å². The molecule has 162 valence electrons. The number of halogens is 1. The van der Waals surface area contributed by atoms with Gasteiger partial charge in [0.2, 0.25) is 11.8 Å². The molecule has 2 aromatic rings. The number of pyridine rings is 1. The zero-order valence-corrected chi connectivity index (χ0v) is 19.7. The van der Waals surface area contributed by atoms with E-state index in [0.29, 0.717) is 18.4 Å². The van der Waals surface area contributed by atoms with E-state index in [4.69, 9.17) is 4.74 Å². The molecule has 0 aliphatic carbocycles. The molecule has 30 heavy (non-hydrogen) atoms. The third-order valence-electron chi connectivity index (χ3n) is 4.57. The molecule has 1 heterocycles. The minimum atomic E-state index is -0.0254. The van der Waals surface area contributed by atoms with E-state index in [1.54, 1.807) is 6.08 Å². The van der Waals surface area contributed by atoms with Gasteiger partial charge in [-0.1, -0.05) is 67.3 Å². The molecule has 1 amide bonds. The molecule has 0 radical (unpaired) electrons. The van der Waals surface area contributed by atoms with Crippen LogP contribution in [0.25, 0.3) is 10.9 Å². The SMILES string of the molecule is CC(C)CNC(=O)C=CC=CCCCCCCCOc1ccc2cc(Br)ccc2n1. The van der Waals surface area contributed by atoms with Gasteiger partial charge in [-0.2, -0.15) is 0 Å². The van der Waals surface area contributed by atoms with Crippen molar-refractivity contribution in [3.63, 3.8) is 0 Å². The summed E-state index contributed by atoms with van der Waals surface area (Å²) < 4.78 is 6.85. The van der Waals surface area contributed by atoms with Crippen molar-refractivity contribution in [1.82, 2.24) is 10.3 Å². The summed E-state index contributed by atoms with van der Waals surface area (Å²) in [5, 5.41) is 3.97. The second-order valence-electron chi connectivity index (χ2n) is 7.82. The molecule has 0 atom stereocenters. The van der Waals surface area contributed by atoms with Crippen molar-refractivity contribution in [3.8, 4) is 5.88 Å². The van der Waals surface area contributed by atoms with Gasteiger partial charge in [-0.3, -0.25) is 4.79 Å². The fraction of sp³-hybridized carbons (Fsp3) is 0.440. The number of amides is 1. The molecule has 1 N–H and O–H groups in total. The lowest BCUT2D eigenvalue weighted by Crippen LogP contribution is -2.25. The van der Waals surface area contributed by atoms with Crippen molar-refractivity contribution < 1.29 is 9.53 Å². The van der Waals surface area contributed by atoms with E-state index < -0.39 is 0 Å². The Balaban J connectivity index is 1.48. The van der Waals surface area contributed by atoms with Crippen LogP contribution in [-0.4, -0.2) is 24.0 Å². The van der Waals surface area contributed by atoms with Crippen molar-refractivity contribution >= 4 is 32.7 Å². The van der Waals surface area contributed by atoms with E-state index in [2.05, 4.69) is 52.2 Å². The summed E-state index contributed by atoms with van der Waals surface area (Å²) in [4.78, 5) is 16.1. The van der Waals surface area contributed by atoms with Gasteiger partial charge in [0.05, 0.1) is 12.1 Å². The van der Waals surface area contributed by atoms with E-state index in [0.717, 1.165) is 34.8 Å². The number of nitrogens with zero attached hydrogens (tertiary/aromatic N) is 1. The number of aromatic nitrogens is 1. The molecular weight excluding hydrogens is 440 g/mol. The zero-order chi connectivity index (χ0) is 21.6. The monoisotopic (exact) mass is 472 g/mol. The summed E-state index contributed by atoms with van der Waals surface area (Å²) in [7, 11) is 0.